The van der Waals surface area contributed by atoms with Crippen molar-refractivity contribution < 1.29 is 4.79 Å². The fraction of sp³-hybridized carbons (Fsp3) is 0. The van der Waals surface area contributed by atoms with E-state index in [-0.39, 0.29) is 5.91 Å². The smallest absolute Gasteiger partial charge is 0.257 e. The third-order valence-electron chi connectivity index (χ3n) is 1.80. The Morgan fingerprint density at radius 1 is 1.38 bits per heavy atom. The molecule has 0 saturated heterocycles. The molecular formula is C10H6BrIN2OS. The van der Waals surface area contributed by atoms with Crippen LogP contribution in [0.3, 0.4) is 0 Å². The van der Waals surface area contributed by atoms with Gasteiger partial charge in [0.1, 0.15) is 0 Å². The summed E-state index contributed by atoms with van der Waals surface area (Å²) in [7, 11) is 0. The second kappa shape index (κ2) is 5.24. The third-order valence-corrected chi connectivity index (χ3v) is 3.92. The van der Waals surface area contributed by atoms with E-state index in [2.05, 4.69) is 48.8 Å². The van der Waals surface area contributed by atoms with Gasteiger partial charge < -0.3 is 0 Å². The van der Waals surface area contributed by atoms with Gasteiger partial charge in [-0.05, 0) is 62.8 Å². The van der Waals surface area contributed by atoms with Crippen molar-refractivity contribution in [3.05, 3.63) is 43.4 Å². The van der Waals surface area contributed by atoms with Crippen LogP contribution in [0.4, 0.5) is 5.13 Å². The molecule has 0 aliphatic rings. The van der Waals surface area contributed by atoms with Crippen molar-refractivity contribution in [1.29, 1.82) is 0 Å². The second-order valence-corrected chi connectivity index (χ2v) is 6.59. The first-order valence-electron chi connectivity index (χ1n) is 4.33. The summed E-state index contributed by atoms with van der Waals surface area (Å²) in [5.41, 5.74) is 0.631. The van der Waals surface area contributed by atoms with Crippen LogP contribution in [-0.2, 0) is 0 Å². The molecular weight excluding hydrogens is 403 g/mol. The molecule has 1 heterocycles. The molecule has 1 amide bonds. The summed E-state index contributed by atoms with van der Waals surface area (Å²) >= 11 is 6.88. The number of benzene rings is 1. The van der Waals surface area contributed by atoms with Gasteiger partial charge in [0.05, 0.1) is 9.98 Å². The molecule has 1 N–H and O–H groups in total. The summed E-state index contributed by atoms with van der Waals surface area (Å²) in [5, 5.41) is 3.33. The first-order chi connectivity index (χ1) is 7.65. The zero-order valence-electron chi connectivity index (χ0n) is 7.91. The van der Waals surface area contributed by atoms with E-state index in [4.69, 9.17) is 0 Å². The SMILES string of the molecule is O=C(Nc1ncc(Br)s1)c1ccc(I)cc1. The number of nitrogens with zero attached hydrogens (tertiary/aromatic N) is 1. The van der Waals surface area contributed by atoms with Gasteiger partial charge in [-0.3, -0.25) is 10.1 Å². The molecule has 0 aliphatic carbocycles. The predicted octanol–water partition coefficient (Wildman–Crippen LogP) is 3.76. The van der Waals surface area contributed by atoms with Gasteiger partial charge in [0, 0.05) is 9.13 Å². The van der Waals surface area contributed by atoms with Gasteiger partial charge in [-0.1, -0.05) is 11.3 Å². The molecule has 2 rings (SSSR count). The molecule has 0 atom stereocenters. The van der Waals surface area contributed by atoms with Gasteiger partial charge in [0.25, 0.3) is 5.91 Å². The largest absolute Gasteiger partial charge is 0.298 e. The van der Waals surface area contributed by atoms with Crippen LogP contribution in [0.15, 0.2) is 34.2 Å². The van der Waals surface area contributed by atoms with E-state index >= 15 is 0 Å². The Labute approximate surface area is 119 Å². The molecule has 3 nitrogen and oxygen atoms in total. The van der Waals surface area contributed by atoms with Crippen molar-refractivity contribution in [2.24, 2.45) is 0 Å². The van der Waals surface area contributed by atoms with Crippen LogP contribution in [0.2, 0.25) is 0 Å². The number of carbonyl (C=O) groups is 1. The molecule has 1 aromatic heterocycles. The maximum atomic E-state index is 11.8. The van der Waals surface area contributed by atoms with Gasteiger partial charge in [-0.15, -0.1) is 0 Å². The highest BCUT2D eigenvalue weighted by molar-refractivity contribution is 14.1. The average Bonchev–Trinajstić information content (AvgIpc) is 2.65. The highest BCUT2D eigenvalue weighted by atomic mass is 127. The average molecular weight is 409 g/mol. The van der Waals surface area contributed by atoms with Crippen LogP contribution in [0.1, 0.15) is 10.4 Å². The number of carbonyl (C=O) groups excluding carboxylic acids is 1. The van der Waals surface area contributed by atoms with Crippen molar-refractivity contribution in [2.45, 2.75) is 0 Å². The lowest BCUT2D eigenvalue weighted by Crippen LogP contribution is -2.11. The number of hydrogen-bond acceptors (Lipinski definition) is 3. The van der Waals surface area contributed by atoms with Crippen LogP contribution in [-0.4, -0.2) is 10.9 Å². The van der Waals surface area contributed by atoms with E-state index in [0.29, 0.717) is 10.7 Å². The van der Waals surface area contributed by atoms with E-state index in [1.165, 1.54) is 11.3 Å². The molecule has 0 spiro atoms. The highest BCUT2D eigenvalue weighted by Gasteiger charge is 2.07. The number of amides is 1. The summed E-state index contributed by atoms with van der Waals surface area (Å²) < 4.78 is 2.00. The molecule has 6 heteroatoms. The third kappa shape index (κ3) is 3.02. The summed E-state index contributed by atoms with van der Waals surface area (Å²) in [6.07, 6.45) is 1.66. The van der Waals surface area contributed by atoms with Crippen molar-refractivity contribution in [3.8, 4) is 0 Å². The van der Waals surface area contributed by atoms with Crippen LogP contribution in [0.25, 0.3) is 0 Å². The highest BCUT2D eigenvalue weighted by Crippen LogP contribution is 2.23. The minimum absolute atomic E-state index is 0.141. The summed E-state index contributed by atoms with van der Waals surface area (Å²) in [5.74, 6) is -0.141. The van der Waals surface area contributed by atoms with Crippen LogP contribution < -0.4 is 5.32 Å². The number of hydrogen-bond donors (Lipinski definition) is 1. The quantitative estimate of drug-likeness (QED) is 0.768. The minimum atomic E-state index is -0.141. The van der Waals surface area contributed by atoms with Gasteiger partial charge >= 0.3 is 0 Å². The lowest BCUT2D eigenvalue weighted by Gasteiger charge is -2.01. The zero-order chi connectivity index (χ0) is 11.5. The van der Waals surface area contributed by atoms with E-state index in [1.54, 1.807) is 18.3 Å². The predicted molar refractivity (Wildman–Crippen MR) is 76.9 cm³/mol. The summed E-state index contributed by atoms with van der Waals surface area (Å²) in [6.45, 7) is 0. The lowest BCUT2D eigenvalue weighted by molar-refractivity contribution is 0.102. The molecule has 0 bridgehead atoms. The first kappa shape index (κ1) is 12.0. The Balaban J connectivity index is 2.11. The van der Waals surface area contributed by atoms with E-state index < -0.39 is 0 Å². The maximum absolute atomic E-state index is 11.8. The Bertz CT molecular complexity index is 512. The van der Waals surface area contributed by atoms with Crippen LogP contribution in [0.5, 0.6) is 0 Å². The topological polar surface area (TPSA) is 42.0 Å². The van der Waals surface area contributed by atoms with Crippen molar-refractivity contribution in [1.82, 2.24) is 4.98 Å². The molecule has 0 fully saturated rings. The van der Waals surface area contributed by atoms with Crippen LogP contribution >= 0.6 is 49.9 Å². The van der Waals surface area contributed by atoms with Gasteiger partial charge in [0.15, 0.2) is 5.13 Å². The molecule has 0 saturated carbocycles. The number of aromatic nitrogens is 1. The molecule has 0 aliphatic heterocycles. The maximum Gasteiger partial charge on any atom is 0.257 e. The zero-order valence-corrected chi connectivity index (χ0v) is 12.5. The Morgan fingerprint density at radius 2 is 2.06 bits per heavy atom. The van der Waals surface area contributed by atoms with E-state index in [0.717, 1.165) is 7.36 Å². The van der Waals surface area contributed by atoms with Gasteiger partial charge in [0.2, 0.25) is 0 Å². The van der Waals surface area contributed by atoms with Gasteiger partial charge in [-0.25, -0.2) is 4.98 Å². The molecule has 1 aromatic carbocycles. The lowest BCUT2D eigenvalue weighted by atomic mass is 10.2. The van der Waals surface area contributed by atoms with Crippen molar-refractivity contribution in [3.63, 3.8) is 0 Å². The summed E-state index contributed by atoms with van der Waals surface area (Å²) in [4.78, 5) is 15.8. The van der Waals surface area contributed by atoms with E-state index in [1.807, 2.05) is 12.1 Å². The fourth-order valence-electron chi connectivity index (χ4n) is 1.08. The summed E-state index contributed by atoms with van der Waals surface area (Å²) in [6, 6.07) is 7.37. The number of anilines is 1. The number of thiazole rings is 1. The minimum Gasteiger partial charge on any atom is -0.298 e. The van der Waals surface area contributed by atoms with Gasteiger partial charge in [-0.2, -0.15) is 0 Å². The Morgan fingerprint density at radius 3 is 2.62 bits per heavy atom. The molecule has 16 heavy (non-hydrogen) atoms. The monoisotopic (exact) mass is 408 g/mol. The number of rotatable bonds is 2. The fourth-order valence-corrected chi connectivity index (χ4v) is 2.54. The number of halogens is 2. The number of nitrogens with one attached hydrogen (secondary N) is 1. The molecule has 0 radical (unpaired) electrons. The Kier molecular flexibility index (Phi) is 3.93. The first-order valence-corrected chi connectivity index (χ1v) is 7.02. The molecule has 2 aromatic rings. The Hall–Kier alpha value is -0.470. The normalized spacial score (nSPS) is 10.1. The van der Waals surface area contributed by atoms with Crippen molar-refractivity contribution >= 4 is 60.9 Å². The second-order valence-electron chi connectivity index (χ2n) is 2.93. The van der Waals surface area contributed by atoms with E-state index in [9.17, 15) is 4.79 Å². The molecule has 0 unspecified atom stereocenters. The van der Waals surface area contributed by atoms with Crippen molar-refractivity contribution in [2.75, 3.05) is 5.32 Å². The van der Waals surface area contributed by atoms with Crippen LogP contribution in [0, 0.1) is 3.57 Å². The standard InChI is InChI=1S/C10H6BrIN2OS/c11-8-5-13-10(16-8)14-9(15)6-1-3-7(12)4-2-6/h1-5H,(H,13,14,15). The molecule has 82 valence electrons.